The molecule has 0 spiro atoms. The molecule has 7 nitrogen and oxygen atoms in total. The Labute approximate surface area is 175 Å². The number of hydrogen-bond acceptors (Lipinski definition) is 5. The maximum Gasteiger partial charge on any atom is 0.329 e. The second-order valence-electron chi connectivity index (χ2n) is 6.61. The van der Waals surface area contributed by atoms with Crippen molar-refractivity contribution in [3.63, 3.8) is 0 Å². The van der Waals surface area contributed by atoms with E-state index in [4.69, 9.17) is 21.1 Å². The lowest BCUT2D eigenvalue weighted by molar-refractivity contribution is -0.139. The lowest BCUT2D eigenvalue weighted by Gasteiger charge is -2.13. The number of methoxy groups -OCH3 is 1. The smallest absolute Gasteiger partial charge is 0.329 e. The summed E-state index contributed by atoms with van der Waals surface area (Å²) in [7, 11) is 1.50. The van der Waals surface area contributed by atoms with E-state index in [9.17, 15) is 9.59 Å². The van der Waals surface area contributed by atoms with Crippen molar-refractivity contribution in [2.75, 3.05) is 13.7 Å². The number of carbonyl (C=O) groups is 2. The Balaban J connectivity index is 2.01. The van der Waals surface area contributed by atoms with Crippen LogP contribution in [0.3, 0.4) is 0 Å². The molecular formula is C21H24ClN3O4. The van der Waals surface area contributed by atoms with Gasteiger partial charge in [0.25, 0.3) is 0 Å². The first-order valence-corrected chi connectivity index (χ1v) is 9.44. The monoisotopic (exact) mass is 417 g/mol. The number of nitrogens with one attached hydrogen (secondary N) is 2. The summed E-state index contributed by atoms with van der Waals surface area (Å²) in [5, 5.41) is 6.64. The summed E-state index contributed by atoms with van der Waals surface area (Å²) in [6.45, 7) is 4.61. The van der Waals surface area contributed by atoms with Crippen LogP contribution in [0.1, 0.15) is 25.0 Å². The first kappa shape index (κ1) is 22.2. The second kappa shape index (κ2) is 11.1. The van der Waals surface area contributed by atoms with Gasteiger partial charge in [-0.2, -0.15) is 5.10 Å². The third kappa shape index (κ3) is 7.12. The number of amides is 2. The Morgan fingerprint density at radius 3 is 2.55 bits per heavy atom. The largest absolute Gasteiger partial charge is 0.493 e. The zero-order chi connectivity index (χ0) is 21.2. The van der Waals surface area contributed by atoms with Gasteiger partial charge in [0.1, 0.15) is 6.61 Å². The van der Waals surface area contributed by atoms with Crippen LogP contribution in [-0.4, -0.2) is 31.7 Å². The molecule has 0 fully saturated rings. The van der Waals surface area contributed by atoms with Crippen molar-refractivity contribution in [1.82, 2.24) is 10.7 Å². The minimum Gasteiger partial charge on any atom is -0.493 e. The van der Waals surface area contributed by atoms with E-state index in [2.05, 4.69) is 15.8 Å². The molecule has 0 heterocycles. The van der Waals surface area contributed by atoms with Gasteiger partial charge >= 0.3 is 11.8 Å². The molecule has 2 N–H and O–H groups in total. The molecule has 0 saturated carbocycles. The van der Waals surface area contributed by atoms with E-state index in [0.717, 1.165) is 5.56 Å². The van der Waals surface area contributed by atoms with E-state index >= 15 is 0 Å². The van der Waals surface area contributed by atoms with Gasteiger partial charge in [0.05, 0.1) is 18.3 Å². The molecule has 2 aromatic rings. The molecule has 0 aromatic heterocycles. The molecule has 154 valence electrons. The summed E-state index contributed by atoms with van der Waals surface area (Å²) < 4.78 is 11.1. The number of carbonyl (C=O) groups excluding carboxylic acids is 2. The van der Waals surface area contributed by atoms with Gasteiger partial charge in [-0.25, -0.2) is 5.43 Å². The molecule has 8 heteroatoms. The van der Waals surface area contributed by atoms with Gasteiger partial charge < -0.3 is 14.8 Å². The second-order valence-corrected chi connectivity index (χ2v) is 7.02. The number of nitrogens with zero attached hydrogens (tertiary/aromatic N) is 1. The van der Waals surface area contributed by atoms with Crippen LogP contribution < -0.4 is 20.2 Å². The van der Waals surface area contributed by atoms with E-state index in [1.807, 2.05) is 44.2 Å². The predicted octanol–water partition coefficient (Wildman–Crippen LogP) is 3.15. The molecule has 0 unspecified atom stereocenters. The van der Waals surface area contributed by atoms with Gasteiger partial charge in [-0.05, 0) is 29.2 Å². The summed E-state index contributed by atoms with van der Waals surface area (Å²) >= 11 is 6.32. The minimum absolute atomic E-state index is 0.243. The number of hydrogen-bond donors (Lipinski definition) is 2. The van der Waals surface area contributed by atoms with Crippen molar-refractivity contribution in [2.24, 2.45) is 11.0 Å². The summed E-state index contributed by atoms with van der Waals surface area (Å²) in [6.07, 6.45) is 1.36. The molecule has 0 aliphatic carbocycles. The fraction of sp³-hybridized carbons (Fsp3) is 0.286. The molecule has 0 bridgehead atoms. The normalized spacial score (nSPS) is 10.8. The molecule has 0 atom stereocenters. The lowest BCUT2D eigenvalue weighted by atomic mass is 10.2. The maximum atomic E-state index is 11.7. The van der Waals surface area contributed by atoms with Crippen molar-refractivity contribution in [1.29, 1.82) is 0 Å². The van der Waals surface area contributed by atoms with E-state index in [0.29, 0.717) is 35.2 Å². The van der Waals surface area contributed by atoms with Crippen molar-refractivity contribution < 1.29 is 19.1 Å². The van der Waals surface area contributed by atoms with Crippen LogP contribution in [0.15, 0.2) is 47.6 Å². The number of rotatable bonds is 8. The lowest BCUT2D eigenvalue weighted by Crippen LogP contribution is -2.39. The van der Waals surface area contributed by atoms with Crippen molar-refractivity contribution >= 4 is 29.6 Å². The fourth-order valence-corrected chi connectivity index (χ4v) is 2.55. The quantitative estimate of drug-likeness (QED) is 0.392. The molecule has 2 rings (SSSR count). The predicted molar refractivity (Wildman–Crippen MR) is 112 cm³/mol. The van der Waals surface area contributed by atoms with Gasteiger partial charge in [0, 0.05) is 6.54 Å². The van der Waals surface area contributed by atoms with E-state index < -0.39 is 11.8 Å². The third-order valence-electron chi connectivity index (χ3n) is 3.73. The zero-order valence-electron chi connectivity index (χ0n) is 16.6. The summed E-state index contributed by atoms with van der Waals surface area (Å²) in [5.41, 5.74) is 3.74. The molecule has 0 aliphatic rings. The number of ether oxygens (including phenoxy) is 2. The van der Waals surface area contributed by atoms with Crippen LogP contribution in [0.4, 0.5) is 0 Å². The van der Waals surface area contributed by atoms with Crippen molar-refractivity contribution in [2.45, 2.75) is 20.5 Å². The van der Waals surface area contributed by atoms with Gasteiger partial charge in [-0.1, -0.05) is 55.8 Å². The Kier molecular flexibility index (Phi) is 8.48. The van der Waals surface area contributed by atoms with Gasteiger partial charge in [-0.3, -0.25) is 9.59 Å². The molecule has 0 aliphatic heterocycles. The maximum absolute atomic E-state index is 11.7. The topological polar surface area (TPSA) is 89.0 Å². The van der Waals surface area contributed by atoms with Crippen LogP contribution in [0.2, 0.25) is 5.02 Å². The Bertz CT molecular complexity index is 870. The van der Waals surface area contributed by atoms with Crippen molar-refractivity contribution in [3.8, 4) is 11.5 Å². The van der Waals surface area contributed by atoms with Crippen LogP contribution in [0.25, 0.3) is 0 Å². The average Bonchev–Trinajstić information content (AvgIpc) is 2.71. The van der Waals surface area contributed by atoms with Crippen LogP contribution in [-0.2, 0) is 16.2 Å². The highest BCUT2D eigenvalue weighted by Crippen LogP contribution is 2.36. The Morgan fingerprint density at radius 2 is 1.90 bits per heavy atom. The molecule has 29 heavy (non-hydrogen) atoms. The fourth-order valence-electron chi connectivity index (χ4n) is 2.28. The molecule has 2 amide bonds. The van der Waals surface area contributed by atoms with E-state index in [1.54, 1.807) is 12.1 Å². The Hall–Kier alpha value is -3.06. The van der Waals surface area contributed by atoms with E-state index in [1.165, 1.54) is 13.3 Å². The highest BCUT2D eigenvalue weighted by atomic mass is 35.5. The molecule has 2 aromatic carbocycles. The van der Waals surface area contributed by atoms with E-state index in [-0.39, 0.29) is 5.92 Å². The highest BCUT2D eigenvalue weighted by Gasteiger charge is 2.14. The van der Waals surface area contributed by atoms with Gasteiger partial charge in [-0.15, -0.1) is 0 Å². The summed E-state index contributed by atoms with van der Waals surface area (Å²) in [4.78, 5) is 23.3. The first-order valence-electron chi connectivity index (χ1n) is 9.06. The SMILES string of the molecule is COc1cc(/C=N\NC(=O)C(=O)NCC(C)C)cc(Cl)c1OCc1ccccc1. The Morgan fingerprint density at radius 1 is 1.17 bits per heavy atom. The number of benzene rings is 2. The highest BCUT2D eigenvalue weighted by molar-refractivity contribution is 6.35. The standard InChI is InChI=1S/C21H24ClN3O4/c1-14(2)11-23-20(26)21(27)25-24-12-16-9-17(22)19(18(10-16)28-3)29-13-15-7-5-4-6-8-15/h4-10,12,14H,11,13H2,1-3H3,(H,23,26)(H,25,27)/b24-12-. The molecular weight excluding hydrogens is 394 g/mol. The van der Waals surface area contributed by atoms with Gasteiger partial charge in [0.15, 0.2) is 11.5 Å². The van der Waals surface area contributed by atoms with Gasteiger partial charge in [0.2, 0.25) is 0 Å². The molecule has 0 radical (unpaired) electrons. The first-order chi connectivity index (χ1) is 13.9. The van der Waals surface area contributed by atoms with Crippen LogP contribution in [0.5, 0.6) is 11.5 Å². The average molecular weight is 418 g/mol. The zero-order valence-corrected chi connectivity index (χ0v) is 17.3. The van der Waals surface area contributed by atoms with Crippen LogP contribution >= 0.6 is 11.6 Å². The number of hydrazone groups is 1. The third-order valence-corrected chi connectivity index (χ3v) is 4.02. The molecule has 0 saturated heterocycles. The number of halogens is 1. The van der Waals surface area contributed by atoms with Crippen molar-refractivity contribution in [3.05, 3.63) is 58.6 Å². The summed E-state index contributed by atoms with van der Waals surface area (Å²) in [6, 6.07) is 13.0. The minimum atomic E-state index is -0.845. The van der Waals surface area contributed by atoms with Crippen LogP contribution in [0, 0.1) is 5.92 Å². The summed E-state index contributed by atoms with van der Waals surface area (Å²) in [5.74, 6) is -0.505.